The van der Waals surface area contributed by atoms with E-state index in [1.54, 1.807) is 0 Å². The van der Waals surface area contributed by atoms with Gasteiger partial charge in [-0.2, -0.15) is 0 Å². The van der Waals surface area contributed by atoms with Crippen LogP contribution in [0.5, 0.6) is 0 Å². The average molecular weight is 392 g/mol. The number of nitrogens with two attached hydrogens (primary N) is 1. The largest absolute Gasteiger partial charge is 0.355 e. The molecule has 126 valence electrons. The number of carbonyl (C=O) groups excluding carboxylic acids is 1. The zero-order valence-corrected chi connectivity index (χ0v) is 15.9. The number of rotatable bonds is 9. The van der Waals surface area contributed by atoms with Crippen molar-refractivity contribution in [3.63, 3.8) is 0 Å². The number of nitrogens with one attached hydrogen (secondary N) is 1. The molecular formula is C17H28BrClN2O. The summed E-state index contributed by atoms with van der Waals surface area (Å²) in [7, 11) is 0. The lowest BCUT2D eigenvalue weighted by atomic mass is 9.84. The second-order valence-corrected chi connectivity index (χ2v) is 7.04. The lowest BCUT2D eigenvalue weighted by molar-refractivity contribution is -0.121. The van der Waals surface area contributed by atoms with Crippen molar-refractivity contribution in [1.82, 2.24) is 5.32 Å². The van der Waals surface area contributed by atoms with Crippen LogP contribution in [0.25, 0.3) is 0 Å². The molecule has 0 saturated heterocycles. The summed E-state index contributed by atoms with van der Waals surface area (Å²) in [5.74, 6) is 0.146. The van der Waals surface area contributed by atoms with Gasteiger partial charge < -0.3 is 11.1 Å². The minimum absolute atomic E-state index is 0. The van der Waals surface area contributed by atoms with Crippen LogP contribution in [0, 0.1) is 0 Å². The molecule has 0 aliphatic rings. The number of amides is 1. The predicted octanol–water partition coefficient (Wildman–Crippen LogP) is 4.17. The Morgan fingerprint density at radius 1 is 1.14 bits per heavy atom. The normalized spacial score (nSPS) is 10.9. The first-order valence-corrected chi connectivity index (χ1v) is 8.48. The summed E-state index contributed by atoms with van der Waals surface area (Å²) in [5, 5.41) is 3.05. The first-order chi connectivity index (χ1) is 9.95. The molecule has 0 radical (unpaired) electrons. The van der Waals surface area contributed by atoms with Gasteiger partial charge in [0.25, 0.3) is 0 Å². The summed E-state index contributed by atoms with van der Waals surface area (Å²) >= 11 is 3.44. The number of carbonyl (C=O) groups is 1. The number of benzene rings is 1. The molecule has 1 amide bonds. The molecule has 0 aliphatic carbocycles. The van der Waals surface area contributed by atoms with Gasteiger partial charge in [-0.15, -0.1) is 12.4 Å². The highest BCUT2D eigenvalue weighted by Crippen LogP contribution is 2.24. The lowest BCUT2D eigenvalue weighted by Gasteiger charge is -2.25. The number of unbranched alkanes of at least 4 members (excludes halogenated alkanes) is 3. The molecule has 5 heteroatoms. The maximum Gasteiger partial charge on any atom is 0.220 e. The van der Waals surface area contributed by atoms with Gasteiger partial charge in [0.1, 0.15) is 0 Å². The fourth-order valence-corrected chi connectivity index (χ4v) is 2.46. The topological polar surface area (TPSA) is 55.1 Å². The molecular weight excluding hydrogens is 364 g/mol. The molecule has 0 spiro atoms. The molecule has 0 saturated carbocycles. The van der Waals surface area contributed by atoms with Gasteiger partial charge in [0, 0.05) is 22.9 Å². The standard InChI is InChI=1S/C17H27BrN2O.ClH/c1-17(2,14-8-10-15(18)11-9-14)13-20-16(21)7-5-3-4-6-12-19;/h8-11H,3-7,12-13,19H2,1-2H3,(H,20,21);1H. The Balaban J connectivity index is 0.00000441. The van der Waals surface area contributed by atoms with Gasteiger partial charge in [0.05, 0.1) is 0 Å². The summed E-state index contributed by atoms with van der Waals surface area (Å²) in [4.78, 5) is 11.9. The molecule has 1 rings (SSSR count). The van der Waals surface area contributed by atoms with Crippen molar-refractivity contribution in [1.29, 1.82) is 0 Å². The third kappa shape index (κ3) is 8.16. The molecule has 0 aromatic heterocycles. The summed E-state index contributed by atoms with van der Waals surface area (Å²) in [6.07, 6.45) is 4.82. The van der Waals surface area contributed by atoms with Crippen LogP contribution in [0.4, 0.5) is 0 Å². The monoisotopic (exact) mass is 390 g/mol. The van der Waals surface area contributed by atoms with Crippen LogP contribution in [0.15, 0.2) is 28.7 Å². The Morgan fingerprint density at radius 3 is 2.32 bits per heavy atom. The van der Waals surface area contributed by atoms with Crippen molar-refractivity contribution >= 4 is 34.2 Å². The van der Waals surface area contributed by atoms with E-state index in [0.717, 1.165) is 36.7 Å². The van der Waals surface area contributed by atoms with Gasteiger partial charge in [-0.1, -0.05) is 54.8 Å². The fourth-order valence-electron chi connectivity index (χ4n) is 2.19. The van der Waals surface area contributed by atoms with Crippen LogP contribution >= 0.6 is 28.3 Å². The average Bonchev–Trinajstić information content (AvgIpc) is 2.45. The first kappa shape index (κ1) is 21.4. The van der Waals surface area contributed by atoms with Crippen LogP contribution in [0.3, 0.4) is 0 Å². The first-order valence-electron chi connectivity index (χ1n) is 7.68. The molecule has 0 fully saturated rings. The van der Waals surface area contributed by atoms with Crippen LogP contribution in [-0.2, 0) is 10.2 Å². The highest BCUT2D eigenvalue weighted by atomic mass is 79.9. The third-order valence-corrected chi connectivity index (χ3v) is 4.24. The van der Waals surface area contributed by atoms with E-state index in [4.69, 9.17) is 5.73 Å². The number of halogens is 2. The molecule has 0 atom stereocenters. The van der Waals surface area contributed by atoms with Crippen molar-refractivity contribution in [2.75, 3.05) is 13.1 Å². The summed E-state index contributed by atoms with van der Waals surface area (Å²) < 4.78 is 1.07. The van der Waals surface area contributed by atoms with Crippen LogP contribution in [-0.4, -0.2) is 19.0 Å². The second kappa shape index (κ2) is 11.0. The molecule has 0 aliphatic heterocycles. The van der Waals surface area contributed by atoms with E-state index in [2.05, 4.69) is 47.2 Å². The maximum atomic E-state index is 11.9. The molecule has 0 heterocycles. The van der Waals surface area contributed by atoms with Crippen molar-refractivity contribution in [3.05, 3.63) is 34.3 Å². The van der Waals surface area contributed by atoms with Gasteiger partial charge in [0.15, 0.2) is 0 Å². The smallest absolute Gasteiger partial charge is 0.220 e. The third-order valence-electron chi connectivity index (χ3n) is 3.71. The molecule has 22 heavy (non-hydrogen) atoms. The highest BCUT2D eigenvalue weighted by Gasteiger charge is 2.21. The van der Waals surface area contributed by atoms with E-state index >= 15 is 0 Å². The Kier molecular flexibility index (Phi) is 10.7. The highest BCUT2D eigenvalue weighted by molar-refractivity contribution is 9.10. The lowest BCUT2D eigenvalue weighted by Crippen LogP contribution is -2.36. The Labute approximate surface area is 149 Å². The van der Waals surface area contributed by atoms with Gasteiger partial charge in [0.2, 0.25) is 5.91 Å². The summed E-state index contributed by atoms with van der Waals surface area (Å²) in [6, 6.07) is 8.28. The SMILES string of the molecule is CC(C)(CNC(=O)CCCCCCN)c1ccc(Br)cc1.Cl. The fraction of sp³-hybridized carbons (Fsp3) is 0.588. The molecule has 1 aromatic rings. The Bertz CT molecular complexity index is 435. The molecule has 3 nitrogen and oxygen atoms in total. The molecule has 0 unspecified atom stereocenters. The minimum Gasteiger partial charge on any atom is -0.355 e. The zero-order valence-electron chi connectivity index (χ0n) is 13.5. The van der Waals surface area contributed by atoms with Crippen molar-refractivity contribution in [3.8, 4) is 0 Å². The van der Waals surface area contributed by atoms with Crippen molar-refractivity contribution < 1.29 is 4.79 Å². The van der Waals surface area contributed by atoms with E-state index < -0.39 is 0 Å². The van der Waals surface area contributed by atoms with E-state index in [9.17, 15) is 4.79 Å². The van der Waals surface area contributed by atoms with Gasteiger partial charge in [-0.25, -0.2) is 0 Å². The second-order valence-electron chi connectivity index (χ2n) is 6.12. The molecule has 0 bridgehead atoms. The van der Waals surface area contributed by atoms with E-state index in [-0.39, 0.29) is 23.7 Å². The Morgan fingerprint density at radius 2 is 1.73 bits per heavy atom. The van der Waals surface area contributed by atoms with Gasteiger partial charge >= 0.3 is 0 Å². The van der Waals surface area contributed by atoms with Crippen molar-refractivity contribution in [2.24, 2.45) is 5.73 Å². The van der Waals surface area contributed by atoms with Gasteiger partial charge in [-0.05, 0) is 37.1 Å². The molecule has 3 N–H and O–H groups in total. The summed E-state index contributed by atoms with van der Waals surface area (Å²) in [5.41, 5.74) is 6.62. The number of hydrogen-bond donors (Lipinski definition) is 2. The predicted molar refractivity (Wildman–Crippen MR) is 99.6 cm³/mol. The summed E-state index contributed by atoms with van der Waals surface area (Å²) in [6.45, 7) is 5.71. The van der Waals surface area contributed by atoms with Crippen LogP contribution in [0.1, 0.15) is 51.5 Å². The van der Waals surface area contributed by atoms with E-state index in [1.165, 1.54) is 5.56 Å². The van der Waals surface area contributed by atoms with Crippen molar-refractivity contribution in [2.45, 2.75) is 51.4 Å². The minimum atomic E-state index is -0.0596. The van der Waals surface area contributed by atoms with E-state index in [1.807, 2.05) is 12.1 Å². The van der Waals surface area contributed by atoms with E-state index in [0.29, 0.717) is 13.0 Å². The number of hydrogen-bond acceptors (Lipinski definition) is 2. The molecule has 1 aromatic carbocycles. The maximum absolute atomic E-state index is 11.9. The van der Waals surface area contributed by atoms with Crippen LogP contribution in [0.2, 0.25) is 0 Å². The Hall–Kier alpha value is -0.580. The zero-order chi connectivity index (χ0) is 15.7. The van der Waals surface area contributed by atoms with Gasteiger partial charge in [-0.3, -0.25) is 4.79 Å². The quantitative estimate of drug-likeness (QED) is 0.621. The van der Waals surface area contributed by atoms with Crippen LogP contribution < -0.4 is 11.1 Å².